The van der Waals surface area contributed by atoms with E-state index in [1.165, 1.54) is 34.4 Å². The fraction of sp³-hybridized carbons (Fsp3) is 0.222. The molecule has 0 N–H and O–H groups in total. The van der Waals surface area contributed by atoms with Crippen LogP contribution in [-0.4, -0.2) is 41.7 Å². The molecule has 6 heteroatoms. The van der Waals surface area contributed by atoms with Crippen LogP contribution in [0.3, 0.4) is 0 Å². The van der Waals surface area contributed by atoms with Gasteiger partial charge in [0.1, 0.15) is 13.2 Å². The topological polar surface area (TPSA) is 59.1 Å². The lowest BCUT2D eigenvalue weighted by Gasteiger charge is -2.35. The molecular weight excluding hydrogens is 308 g/mol. The molecule has 0 aromatic heterocycles. The Morgan fingerprint density at radius 2 is 1.67 bits per heavy atom. The molecule has 0 saturated carbocycles. The second-order valence-corrected chi connectivity index (χ2v) is 5.02. The lowest BCUT2D eigenvalue weighted by molar-refractivity contribution is 0.0884. The molecule has 126 valence electrons. The maximum Gasteiger partial charge on any atom is 0.414 e. The molecule has 2 amide bonds. The lowest BCUT2D eigenvalue weighted by Crippen LogP contribution is -2.43. The van der Waals surface area contributed by atoms with Gasteiger partial charge in [-0.3, -0.25) is 9.80 Å². The summed E-state index contributed by atoms with van der Waals surface area (Å²) in [5, 5.41) is 0. The fourth-order valence-corrected chi connectivity index (χ4v) is 2.27. The summed E-state index contributed by atoms with van der Waals surface area (Å²) in [5.41, 5.74) is 0.888. The molecule has 1 unspecified atom stereocenters. The summed E-state index contributed by atoms with van der Waals surface area (Å²) in [5.74, 6) is 0. The molecule has 0 bridgehead atoms. The molecule has 6 nitrogen and oxygen atoms in total. The quantitative estimate of drug-likeness (QED) is 0.777. The number of amides is 2. The Balaban J connectivity index is 2.21. The SMILES string of the molecule is C=CCOC(=O)N1C=CN(C(=O)OCC=C)C(c2ccccc2)C1. The van der Waals surface area contributed by atoms with Crippen molar-refractivity contribution in [1.29, 1.82) is 0 Å². The van der Waals surface area contributed by atoms with Crippen LogP contribution in [0.25, 0.3) is 0 Å². The molecule has 1 aromatic carbocycles. The van der Waals surface area contributed by atoms with E-state index >= 15 is 0 Å². The standard InChI is InChI=1S/C18H20N2O4/c1-3-12-23-17(21)19-10-11-20(18(22)24-13-4-2)16(14-19)15-8-6-5-7-9-15/h3-11,16H,1-2,12-14H2. The average Bonchev–Trinajstić information content (AvgIpc) is 2.64. The van der Waals surface area contributed by atoms with Gasteiger partial charge in [0.15, 0.2) is 0 Å². The summed E-state index contributed by atoms with van der Waals surface area (Å²) in [7, 11) is 0. The van der Waals surface area contributed by atoms with Crippen molar-refractivity contribution < 1.29 is 19.1 Å². The third-order valence-corrected chi connectivity index (χ3v) is 3.39. The van der Waals surface area contributed by atoms with Crippen LogP contribution in [0.4, 0.5) is 9.59 Å². The van der Waals surface area contributed by atoms with Gasteiger partial charge < -0.3 is 9.47 Å². The van der Waals surface area contributed by atoms with Gasteiger partial charge in [0, 0.05) is 12.4 Å². The maximum absolute atomic E-state index is 12.2. The monoisotopic (exact) mass is 328 g/mol. The highest BCUT2D eigenvalue weighted by atomic mass is 16.6. The van der Waals surface area contributed by atoms with E-state index in [-0.39, 0.29) is 25.8 Å². The minimum Gasteiger partial charge on any atom is -0.445 e. The van der Waals surface area contributed by atoms with Crippen molar-refractivity contribution in [2.75, 3.05) is 19.8 Å². The van der Waals surface area contributed by atoms with Crippen LogP contribution in [0.5, 0.6) is 0 Å². The summed E-state index contributed by atoms with van der Waals surface area (Å²) in [6, 6.07) is 9.06. The van der Waals surface area contributed by atoms with Gasteiger partial charge >= 0.3 is 12.2 Å². The average molecular weight is 328 g/mol. The first-order valence-corrected chi connectivity index (χ1v) is 7.51. The van der Waals surface area contributed by atoms with Crippen LogP contribution >= 0.6 is 0 Å². The third-order valence-electron chi connectivity index (χ3n) is 3.39. The number of hydrogen-bond acceptors (Lipinski definition) is 4. The van der Waals surface area contributed by atoms with Gasteiger partial charge in [0.05, 0.1) is 12.6 Å². The van der Waals surface area contributed by atoms with Crippen molar-refractivity contribution in [3.05, 3.63) is 73.6 Å². The van der Waals surface area contributed by atoms with Gasteiger partial charge in [0.25, 0.3) is 0 Å². The molecular formula is C18H20N2O4. The van der Waals surface area contributed by atoms with Crippen LogP contribution in [-0.2, 0) is 9.47 Å². The van der Waals surface area contributed by atoms with Crippen molar-refractivity contribution in [1.82, 2.24) is 9.80 Å². The number of benzene rings is 1. The summed E-state index contributed by atoms with van der Waals surface area (Å²) in [6.07, 6.45) is 5.02. The predicted molar refractivity (Wildman–Crippen MR) is 90.0 cm³/mol. The minimum atomic E-state index is -0.501. The molecule has 24 heavy (non-hydrogen) atoms. The largest absolute Gasteiger partial charge is 0.445 e. The molecule has 0 fully saturated rings. The van der Waals surface area contributed by atoms with Crippen LogP contribution in [0.2, 0.25) is 0 Å². The maximum atomic E-state index is 12.2. The highest BCUT2D eigenvalue weighted by Gasteiger charge is 2.31. The number of hydrogen-bond donors (Lipinski definition) is 0. The first-order chi connectivity index (χ1) is 11.7. The van der Waals surface area contributed by atoms with E-state index in [0.717, 1.165) is 5.56 Å². The minimum absolute atomic E-state index is 0.121. The second kappa shape index (κ2) is 8.57. The number of carbonyl (C=O) groups excluding carboxylic acids is 2. The van der Waals surface area contributed by atoms with E-state index in [4.69, 9.17) is 9.47 Å². The number of rotatable bonds is 5. The van der Waals surface area contributed by atoms with Crippen molar-refractivity contribution in [3.8, 4) is 0 Å². The molecule has 1 atom stereocenters. The van der Waals surface area contributed by atoms with Crippen molar-refractivity contribution >= 4 is 12.2 Å². The van der Waals surface area contributed by atoms with Crippen molar-refractivity contribution in [3.63, 3.8) is 0 Å². The van der Waals surface area contributed by atoms with Gasteiger partial charge in [0.2, 0.25) is 0 Å². The van der Waals surface area contributed by atoms with E-state index in [2.05, 4.69) is 13.2 Å². The van der Waals surface area contributed by atoms with Gasteiger partial charge in [-0.15, -0.1) is 0 Å². The van der Waals surface area contributed by atoms with Gasteiger partial charge in [-0.25, -0.2) is 9.59 Å². The van der Waals surface area contributed by atoms with Crippen molar-refractivity contribution in [2.45, 2.75) is 6.04 Å². The number of ether oxygens (including phenoxy) is 2. The zero-order valence-electron chi connectivity index (χ0n) is 13.3. The van der Waals surface area contributed by atoms with Gasteiger partial charge in [-0.05, 0) is 5.56 Å². The van der Waals surface area contributed by atoms with E-state index in [0.29, 0.717) is 0 Å². The summed E-state index contributed by atoms with van der Waals surface area (Å²) in [4.78, 5) is 27.2. The Morgan fingerprint density at radius 3 is 2.29 bits per heavy atom. The highest BCUT2D eigenvalue weighted by molar-refractivity contribution is 5.73. The lowest BCUT2D eigenvalue weighted by atomic mass is 10.0. The van der Waals surface area contributed by atoms with Crippen molar-refractivity contribution in [2.24, 2.45) is 0 Å². The zero-order chi connectivity index (χ0) is 17.4. The zero-order valence-corrected chi connectivity index (χ0v) is 13.3. The van der Waals surface area contributed by atoms with E-state index in [1.807, 2.05) is 30.3 Å². The predicted octanol–water partition coefficient (Wildman–Crippen LogP) is 3.46. The first-order valence-electron chi connectivity index (χ1n) is 7.51. The molecule has 1 aliphatic rings. The molecule has 0 aliphatic carbocycles. The molecule has 2 rings (SSSR count). The number of carbonyl (C=O) groups is 2. The second-order valence-electron chi connectivity index (χ2n) is 5.02. The Kier molecular flexibility index (Phi) is 6.19. The third kappa shape index (κ3) is 4.25. The molecule has 0 radical (unpaired) electrons. The molecule has 1 aromatic rings. The molecule has 0 saturated heterocycles. The Hall–Kier alpha value is -3.02. The molecule has 1 aliphatic heterocycles. The van der Waals surface area contributed by atoms with E-state index in [9.17, 15) is 9.59 Å². The Bertz CT molecular complexity index is 627. The molecule has 0 spiro atoms. The van der Waals surface area contributed by atoms with Gasteiger partial charge in [-0.1, -0.05) is 55.6 Å². The normalized spacial score (nSPS) is 16.4. The Morgan fingerprint density at radius 1 is 1.04 bits per heavy atom. The smallest absolute Gasteiger partial charge is 0.414 e. The summed E-state index contributed by atoms with van der Waals surface area (Å²) < 4.78 is 10.2. The number of nitrogens with zero attached hydrogens (tertiary/aromatic N) is 2. The summed E-state index contributed by atoms with van der Waals surface area (Å²) in [6.45, 7) is 7.55. The highest BCUT2D eigenvalue weighted by Crippen LogP contribution is 2.27. The van der Waals surface area contributed by atoms with E-state index < -0.39 is 12.2 Å². The molecule has 1 heterocycles. The van der Waals surface area contributed by atoms with Gasteiger partial charge in [-0.2, -0.15) is 0 Å². The fourth-order valence-electron chi connectivity index (χ4n) is 2.27. The summed E-state index contributed by atoms with van der Waals surface area (Å²) >= 11 is 0. The van der Waals surface area contributed by atoms with E-state index in [1.54, 1.807) is 0 Å². The Labute approximate surface area is 141 Å². The van der Waals surface area contributed by atoms with Crippen LogP contribution in [0, 0.1) is 0 Å². The van der Waals surface area contributed by atoms with Crippen LogP contribution in [0.15, 0.2) is 68.0 Å². The van der Waals surface area contributed by atoms with Crippen LogP contribution in [0.1, 0.15) is 11.6 Å². The van der Waals surface area contributed by atoms with Crippen LogP contribution < -0.4 is 0 Å². The first kappa shape index (κ1) is 17.3.